The van der Waals surface area contributed by atoms with Crippen molar-refractivity contribution in [1.82, 2.24) is 18.4 Å². The van der Waals surface area contributed by atoms with Crippen molar-refractivity contribution >= 4 is 16.1 Å². The van der Waals surface area contributed by atoms with Gasteiger partial charge in [0.1, 0.15) is 0 Å². The highest BCUT2D eigenvalue weighted by Gasteiger charge is 2.43. The molecule has 2 aliphatic heterocycles. The zero-order chi connectivity index (χ0) is 15.9. The van der Waals surface area contributed by atoms with E-state index in [1.54, 1.807) is 8.61 Å². The van der Waals surface area contributed by atoms with Crippen molar-refractivity contribution in [2.45, 2.75) is 13.3 Å². The van der Waals surface area contributed by atoms with Gasteiger partial charge in [0.05, 0.1) is 0 Å². The number of likely N-dealkylation sites (N-methyl/N-ethyl adjacent to an activating group) is 1. The van der Waals surface area contributed by atoms with Gasteiger partial charge in [0.2, 0.25) is 5.91 Å². The van der Waals surface area contributed by atoms with E-state index in [-0.39, 0.29) is 11.8 Å². The van der Waals surface area contributed by atoms with E-state index >= 15 is 0 Å². The Kier molecular flexibility index (Phi) is 4.46. The third kappa shape index (κ3) is 3.15. The zero-order valence-corrected chi connectivity index (χ0v) is 14.3. The van der Waals surface area contributed by atoms with Crippen LogP contribution >= 0.6 is 0 Å². The van der Waals surface area contributed by atoms with Crippen molar-refractivity contribution in [2.24, 2.45) is 11.8 Å². The molecule has 3 rings (SSSR count). The number of carbonyl (C=O) groups excluding carboxylic acids is 1. The molecule has 7 nitrogen and oxygen atoms in total. The van der Waals surface area contributed by atoms with Gasteiger partial charge >= 0.3 is 0 Å². The van der Waals surface area contributed by atoms with Crippen LogP contribution < -0.4 is 0 Å². The first kappa shape index (κ1) is 16.2. The molecule has 0 aromatic rings. The van der Waals surface area contributed by atoms with Crippen LogP contribution in [-0.2, 0) is 15.0 Å². The number of hydrogen-bond acceptors (Lipinski definition) is 4. The first-order valence-corrected chi connectivity index (χ1v) is 9.52. The SMILES string of the molecule is C[C@@H]1C[C@H]1C(=O)N1CCN(S(=O)(=O)N2CCN(C)CC2)CC1. The van der Waals surface area contributed by atoms with Crippen LogP contribution in [0.25, 0.3) is 0 Å². The van der Waals surface area contributed by atoms with Gasteiger partial charge in [-0.2, -0.15) is 17.0 Å². The lowest BCUT2D eigenvalue weighted by atomic mass is 10.2. The number of piperazine rings is 2. The van der Waals surface area contributed by atoms with Gasteiger partial charge < -0.3 is 9.80 Å². The Morgan fingerprint density at radius 2 is 1.36 bits per heavy atom. The Morgan fingerprint density at radius 1 is 0.909 bits per heavy atom. The summed E-state index contributed by atoms with van der Waals surface area (Å²) in [7, 11) is -1.36. The molecular formula is C14H26N4O3S. The van der Waals surface area contributed by atoms with Crippen molar-refractivity contribution in [1.29, 1.82) is 0 Å². The molecule has 3 fully saturated rings. The molecule has 0 bridgehead atoms. The minimum Gasteiger partial charge on any atom is -0.340 e. The molecule has 1 amide bonds. The van der Waals surface area contributed by atoms with Gasteiger partial charge in [-0.05, 0) is 19.4 Å². The Labute approximate surface area is 133 Å². The first-order valence-electron chi connectivity index (χ1n) is 8.12. The lowest BCUT2D eigenvalue weighted by molar-refractivity contribution is -0.134. The smallest absolute Gasteiger partial charge is 0.282 e. The lowest BCUT2D eigenvalue weighted by Gasteiger charge is -2.39. The third-order valence-corrected chi connectivity index (χ3v) is 7.13. The Bertz CT molecular complexity index is 522. The summed E-state index contributed by atoms with van der Waals surface area (Å²) in [5.74, 6) is 0.893. The fraction of sp³-hybridized carbons (Fsp3) is 0.929. The van der Waals surface area contributed by atoms with Gasteiger partial charge in [0.25, 0.3) is 10.2 Å². The summed E-state index contributed by atoms with van der Waals surface area (Å²) < 4.78 is 28.4. The standard InChI is InChI=1S/C14H26N4O3S/c1-12-11-13(12)14(19)16-5-9-18(10-6-16)22(20,21)17-7-3-15(2)4-8-17/h12-13H,3-11H2,1-2H3/t12-,13-/m1/s1. The number of amides is 1. The van der Waals surface area contributed by atoms with E-state index in [2.05, 4.69) is 11.8 Å². The van der Waals surface area contributed by atoms with Gasteiger partial charge in [-0.25, -0.2) is 0 Å². The van der Waals surface area contributed by atoms with E-state index in [0.29, 0.717) is 45.2 Å². The molecule has 1 saturated carbocycles. The summed E-state index contributed by atoms with van der Waals surface area (Å²) in [4.78, 5) is 16.2. The van der Waals surface area contributed by atoms with Crippen LogP contribution in [0, 0.1) is 11.8 Å². The van der Waals surface area contributed by atoms with E-state index in [9.17, 15) is 13.2 Å². The van der Waals surface area contributed by atoms with Crippen molar-refractivity contribution in [3.05, 3.63) is 0 Å². The summed E-state index contributed by atoms with van der Waals surface area (Å²) in [6.07, 6.45) is 0.985. The van der Waals surface area contributed by atoms with E-state index in [1.165, 1.54) is 0 Å². The number of nitrogens with zero attached hydrogens (tertiary/aromatic N) is 4. The number of hydrogen-bond donors (Lipinski definition) is 0. The minimum atomic E-state index is -3.37. The highest BCUT2D eigenvalue weighted by atomic mass is 32.2. The molecule has 0 spiro atoms. The molecule has 0 aromatic heterocycles. The van der Waals surface area contributed by atoms with Crippen LogP contribution in [0.1, 0.15) is 13.3 Å². The quantitative estimate of drug-likeness (QED) is 0.685. The number of rotatable bonds is 3. The predicted molar refractivity (Wildman–Crippen MR) is 83.4 cm³/mol. The monoisotopic (exact) mass is 330 g/mol. The third-order valence-electron chi connectivity index (χ3n) is 5.09. The summed E-state index contributed by atoms with van der Waals surface area (Å²) in [6, 6.07) is 0. The average Bonchev–Trinajstić information content (AvgIpc) is 3.24. The maximum absolute atomic E-state index is 12.7. The second kappa shape index (κ2) is 6.07. The molecule has 22 heavy (non-hydrogen) atoms. The molecule has 8 heteroatoms. The summed E-state index contributed by atoms with van der Waals surface area (Å²) in [5.41, 5.74) is 0. The normalized spacial score (nSPS) is 32.2. The van der Waals surface area contributed by atoms with Gasteiger partial charge in [0, 0.05) is 58.3 Å². The van der Waals surface area contributed by atoms with Crippen LogP contribution in [0.4, 0.5) is 0 Å². The maximum Gasteiger partial charge on any atom is 0.282 e. The molecule has 1 aliphatic carbocycles. The summed E-state index contributed by atoms with van der Waals surface area (Å²) in [5, 5.41) is 0. The summed E-state index contributed by atoms with van der Waals surface area (Å²) in [6.45, 7) is 6.63. The molecule has 2 saturated heterocycles. The van der Waals surface area contributed by atoms with Crippen molar-refractivity contribution in [3.8, 4) is 0 Å². The van der Waals surface area contributed by atoms with Crippen LogP contribution in [0.5, 0.6) is 0 Å². The molecule has 2 atom stereocenters. The van der Waals surface area contributed by atoms with Crippen molar-refractivity contribution in [2.75, 3.05) is 59.4 Å². The highest BCUT2D eigenvalue weighted by molar-refractivity contribution is 7.86. The zero-order valence-electron chi connectivity index (χ0n) is 13.4. The topological polar surface area (TPSA) is 64.2 Å². The molecular weight excluding hydrogens is 304 g/mol. The largest absolute Gasteiger partial charge is 0.340 e. The highest BCUT2D eigenvalue weighted by Crippen LogP contribution is 2.39. The molecule has 0 aromatic carbocycles. The van der Waals surface area contributed by atoms with E-state index in [0.717, 1.165) is 19.5 Å². The lowest BCUT2D eigenvalue weighted by Crippen LogP contribution is -2.57. The van der Waals surface area contributed by atoms with Gasteiger partial charge in [-0.3, -0.25) is 4.79 Å². The second-order valence-electron chi connectivity index (χ2n) is 6.75. The summed E-state index contributed by atoms with van der Waals surface area (Å²) >= 11 is 0. The van der Waals surface area contributed by atoms with E-state index in [4.69, 9.17) is 0 Å². The van der Waals surface area contributed by atoms with Crippen LogP contribution in [0.15, 0.2) is 0 Å². The first-order chi connectivity index (χ1) is 10.4. The molecule has 3 aliphatic rings. The van der Waals surface area contributed by atoms with Crippen molar-refractivity contribution < 1.29 is 13.2 Å². The fourth-order valence-electron chi connectivity index (χ4n) is 3.22. The van der Waals surface area contributed by atoms with Gasteiger partial charge in [-0.15, -0.1) is 0 Å². The molecule has 126 valence electrons. The number of carbonyl (C=O) groups is 1. The molecule has 0 N–H and O–H groups in total. The minimum absolute atomic E-state index is 0.181. The Morgan fingerprint density at radius 3 is 1.82 bits per heavy atom. The predicted octanol–water partition coefficient (Wildman–Crippen LogP) is -0.721. The second-order valence-corrected chi connectivity index (χ2v) is 8.68. The molecule has 0 unspecified atom stereocenters. The van der Waals surface area contributed by atoms with E-state index in [1.807, 2.05) is 11.9 Å². The molecule has 2 heterocycles. The van der Waals surface area contributed by atoms with Crippen LogP contribution in [-0.4, -0.2) is 92.1 Å². The fourth-order valence-corrected chi connectivity index (χ4v) is 4.80. The van der Waals surface area contributed by atoms with Crippen LogP contribution in [0.2, 0.25) is 0 Å². The maximum atomic E-state index is 12.7. The van der Waals surface area contributed by atoms with Crippen molar-refractivity contribution in [3.63, 3.8) is 0 Å². The molecule has 0 radical (unpaired) electrons. The Balaban J connectivity index is 1.55. The van der Waals surface area contributed by atoms with Crippen LogP contribution in [0.3, 0.4) is 0 Å². The van der Waals surface area contributed by atoms with Gasteiger partial charge in [-0.1, -0.05) is 6.92 Å². The Hall–Kier alpha value is -0.700. The van der Waals surface area contributed by atoms with Gasteiger partial charge in [0.15, 0.2) is 0 Å². The van der Waals surface area contributed by atoms with E-state index < -0.39 is 10.2 Å². The average molecular weight is 330 g/mol.